The first kappa shape index (κ1) is 30.2. The molecule has 3 aromatic rings. The normalized spacial score (nSPS) is 12.2. The van der Waals surface area contributed by atoms with Crippen molar-refractivity contribution in [3.8, 4) is 0 Å². The summed E-state index contributed by atoms with van der Waals surface area (Å²) in [6, 6.07) is 21.2. The molecule has 0 saturated carbocycles. The number of carbonyl (C=O) groups excluding carboxylic acids is 2. The first-order valence-electron chi connectivity index (χ1n) is 13.0. The topological polar surface area (TPSA) is 86.8 Å². The summed E-state index contributed by atoms with van der Waals surface area (Å²) in [6.45, 7) is 7.92. The van der Waals surface area contributed by atoms with Crippen molar-refractivity contribution in [1.82, 2.24) is 10.2 Å². The quantitative estimate of drug-likeness (QED) is 0.315. The van der Waals surface area contributed by atoms with Gasteiger partial charge >= 0.3 is 0 Å². The molecule has 7 nitrogen and oxygen atoms in total. The molecule has 0 aliphatic carbocycles. The van der Waals surface area contributed by atoms with Gasteiger partial charge in [-0.3, -0.25) is 13.9 Å². The maximum Gasteiger partial charge on any atom is 0.264 e. The van der Waals surface area contributed by atoms with Crippen molar-refractivity contribution in [3.63, 3.8) is 0 Å². The first-order chi connectivity index (χ1) is 18.5. The van der Waals surface area contributed by atoms with Crippen LogP contribution in [0.15, 0.2) is 83.8 Å². The zero-order valence-electron chi connectivity index (χ0n) is 22.8. The molecule has 2 amide bonds. The second-order valence-electron chi connectivity index (χ2n) is 9.87. The van der Waals surface area contributed by atoms with Gasteiger partial charge in [-0.15, -0.1) is 0 Å². The lowest BCUT2D eigenvalue weighted by Crippen LogP contribution is -2.52. The number of anilines is 1. The van der Waals surface area contributed by atoms with Crippen LogP contribution in [0.1, 0.15) is 38.3 Å². The van der Waals surface area contributed by atoms with Gasteiger partial charge in [0.1, 0.15) is 12.6 Å². The van der Waals surface area contributed by atoms with Gasteiger partial charge in [0, 0.05) is 18.1 Å². The standard InChI is InChI=1S/C30H36ClN3O4S/c1-5-28(30(36)32-19-22(2)3)33(20-24-16-14-23(4)15-17-24)29(35)21-34(26-11-9-10-25(31)18-26)39(37,38)27-12-7-6-8-13-27/h6-18,22,28H,5,19-21H2,1-4H3,(H,32,36)/t28-/m1/s1. The van der Waals surface area contributed by atoms with Crippen LogP contribution < -0.4 is 9.62 Å². The van der Waals surface area contributed by atoms with Crippen molar-refractivity contribution in [2.45, 2.75) is 51.6 Å². The van der Waals surface area contributed by atoms with Crippen LogP contribution in [0, 0.1) is 12.8 Å². The number of nitrogens with one attached hydrogen (secondary N) is 1. The van der Waals surface area contributed by atoms with Crippen LogP contribution in [-0.4, -0.2) is 44.3 Å². The molecule has 0 aliphatic heterocycles. The van der Waals surface area contributed by atoms with Crippen molar-refractivity contribution in [1.29, 1.82) is 0 Å². The van der Waals surface area contributed by atoms with E-state index in [0.29, 0.717) is 18.0 Å². The lowest BCUT2D eigenvalue weighted by atomic mass is 10.1. The van der Waals surface area contributed by atoms with Gasteiger partial charge < -0.3 is 10.2 Å². The number of benzene rings is 3. The minimum Gasteiger partial charge on any atom is -0.354 e. The molecule has 0 fully saturated rings. The molecule has 208 valence electrons. The highest BCUT2D eigenvalue weighted by Crippen LogP contribution is 2.27. The van der Waals surface area contributed by atoms with E-state index in [2.05, 4.69) is 5.32 Å². The lowest BCUT2D eigenvalue weighted by molar-refractivity contribution is -0.140. The van der Waals surface area contributed by atoms with Crippen molar-refractivity contribution < 1.29 is 18.0 Å². The van der Waals surface area contributed by atoms with Crippen molar-refractivity contribution in [3.05, 3.63) is 95.0 Å². The number of hydrogen-bond acceptors (Lipinski definition) is 4. The molecule has 3 rings (SSSR count). The van der Waals surface area contributed by atoms with Crippen LogP contribution in [0.25, 0.3) is 0 Å². The fourth-order valence-corrected chi connectivity index (χ4v) is 5.72. The van der Waals surface area contributed by atoms with Gasteiger partial charge in [-0.2, -0.15) is 0 Å². The summed E-state index contributed by atoms with van der Waals surface area (Å²) < 4.78 is 28.6. The highest BCUT2D eigenvalue weighted by molar-refractivity contribution is 7.92. The van der Waals surface area contributed by atoms with Crippen LogP contribution in [0.5, 0.6) is 0 Å². The molecule has 39 heavy (non-hydrogen) atoms. The Kier molecular flexibility index (Phi) is 10.5. The second kappa shape index (κ2) is 13.6. The van der Waals surface area contributed by atoms with Gasteiger partial charge in [-0.1, -0.05) is 86.5 Å². The molecule has 0 aliphatic rings. The summed E-state index contributed by atoms with van der Waals surface area (Å²) in [6.07, 6.45) is 0.365. The Morgan fingerprint density at radius 1 is 0.949 bits per heavy atom. The van der Waals surface area contributed by atoms with E-state index in [1.807, 2.05) is 52.0 Å². The molecule has 3 aromatic carbocycles. The lowest BCUT2D eigenvalue weighted by Gasteiger charge is -2.33. The molecule has 0 unspecified atom stereocenters. The van der Waals surface area contributed by atoms with Gasteiger partial charge in [-0.25, -0.2) is 8.42 Å². The molecule has 0 bridgehead atoms. The zero-order chi connectivity index (χ0) is 28.6. The van der Waals surface area contributed by atoms with Gasteiger partial charge in [-0.05, 0) is 55.2 Å². The van der Waals surface area contributed by atoms with Gasteiger partial charge in [0.25, 0.3) is 10.0 Å². The van der Waals surface area contributed by atoms with Crippen molar-refractivity contribution >= 4 is 39.1 Å². The summed E-state index contributed by atoms with van der Waals surface area (Å²) in [5.74, 6) is -0.532. The van der Waals surface area contributed by atoms with E-state index in [1.165, 1.54) is 23.1 Å². The van der Waals surface area contributed by atoms with E-state index in [9.17, 15) is 18.0 Å². The molecule has 9 heteroatoms. The van der Waals surface area contributed by atoms with Crippen LogP contribution in [-0.2, 0) is 26.2 Å². The Balaban J connectivity index is 2.03. The number of hydrogen-bond donors (Lipinski definition) is 1. The molecule has 1 atom stereocenters. The maximum absolute atomic E-state index is 14.0. The van der Waals surface area contributed by atoms with Gasteiger partial charge in [0.05, 0.1) is 10.6 Å². The van der Waals surface area contributed by atoms with E-state index in [1.54, 1.807) is 36.4 Å². The second-order valence-corrected chi connectivity index (χ2v) is 12.2. The molecular formula is C30H36ClN3O4S. The average molecular weight is 570 g/mol. The summed E-state index contributed by atoms with van der Waals surface area (Å²) in [5.41, 5.74) is 2.16. The predicted octanol–water partition coefficient (Wildman–Crippen LogP) is 5.42. The highest BCUT2D eigenvalue weighted by atomic mass is 35.5. The first-order valence-corrected chi connectivity index (χ1v) is 14.8. The van der Waals surface area contributed by atoms with Crippen LogP contribution in [0.2, 0.25) is 5.02 Å². The summed E-state index contributed by atoms with van der Waals surface area (Å²) >= 11 is 6.21. The van der Waals surface area contributed by atoms with E-state index in [-0.39, 0.29) is 29.0 Å². The molecule has 0 aromatic heterocycles. The SMILES string of the molecule is CC[C@H](C(=O)NCC(C)C)N(Cc1ccc(C)cc1)C(=O)CN(c1cccc(Cl)c1)S(=O)(=O)c1ccccc1. The Bertz CT molecular complexity index is 1360. The summed E-state index contributed by atoms with van der Waals surface area (Å²) in [4.78, 5) is 28.8. The number of nitrogens with zero attached hydrogens (tertiary/aromatic N) is 2. The van der Waals surface area contributed by atoms with Gasteiger partial charge in [0.15, 0.2) is 0 Å². The third-order valence-corrected chi connectivity index (χ3v) is 8.27. The van der Waals surface area contributed by atoms with Crippen molar-refractivity contribution in [2.24, 2.45) is 5.92 Å². The highest BCUT2D eigenvalue weighted by Gasteiger charge is 2.33. The summed E-state index contributed by atoms with van der Waals surface area (Å²) in [7, 11) is -4.13. The van der Waals surface area contributed by atoms with Crippen LogP contribution in [0.3, 0.4) is 0 Å². The molecule has 0 radical (unpaired) electrons. The number of carbonyl (C=O) groups is 2. The Morgan fingerprint density at radius 2 is 1.62 bits per heavy atom. The smallest absolute Gasteiger partial charge is 0.264 e. The van der Waals surface area contributed by atoms with Crippen molar-refractivity contribution in [2.75, 3.05) is 17.4 Å². The van der Waals surface area contributed by atoms with E-state index >= 15 is 0 Å². The molecule has 0 spiro atoms. The summed E-state index contributed by atoms with van der Waals surface area (Å²) in [5, 5.41) is 3.27. The van der Waals surface area contributed by atoms with Crippen LogP contribution >= 0.6 is 11.6 Å². The largest absolute Gasteiger partial charge is 0.354 e. The fraction of sp³-hybridized carbons (Fsp3) is 0.333. The average Bonchev–Trinajstić information content (AvgIpc) is 2.91. The third-order valence-electron chi connectivity index (χ3n) is 6.25. The van der Waals surface area contributed by atoms with E-state index < -0.39 is 28.5 Å². The number of rotatable bonds is 12. The zero-order valence-corrected chi connectivity index (χ0v) is 24.4. The molecule has 1 N–H and O–H groups in total. The minimum absolute atomic E-state index is 0.0459. The number of aryl methyl sites for hydroxylation is 1. The Morgan fingerprint density at radius 3 is 2.21 bits per heavy atom. The Labute approximate surface area is 236 Å². The fourth-order valence-electron chi connectivity index (χ4n) is 4.11. The van der Waals surface area contributed by atoms with Crippen LogP contribution in [0.4, 0.5) is 5.69 Å². The molecule has 0 heterocycles. The molecular weight excluding hydrogens is 534 g/mol. The number of halogens is 1. The third kappa shape index (κ3) is 8.07. The number of amides is 2. The number of sulfonamides is 1. The predicted molar refractivity (Wildman–Crippen MR) is 156 cm³/mol. The minimum atomic E-state index is -4.13. The van der Waals surface area contributed by atoms with E-state index in [4.69, 9.17) is 11.6 Å². The van der Waals surface area contributed by atoms with E-state index in [0.717, 1.165) is 15.4 Å². The maximum atomic E-state index is 14.0. The molecule has 0 saturated heterocycles. The Hall–Kier alpha value is -3.36. The monoisotopic (exact) mass is 569 g/mol. The van der Waals surface area contributed by atoms with Gasteiger partial charge in [0.2, 0.25) is 11.8 Å².